The minimum Gasteiger partial charge on any atom is -0.327 e. The number of fused-ring (bicyclic) bond motifs is 3. The average Bonchev–Trinajstić information content (AvgIpc) is 2.79. The molecule has 2 aromatic heterocycles. The molecule has 3 heterocycles. The summed E-state index contributed by atoms with van der Waals surface area (Å²) in [4.78, 5) is 13.6. The highest BCUT2D eigenvalue weighted by Gasteiger charge is 2.27. The number of carbonyl (C=O) groups excluding carboxylic acids is 1. The van der Waals surface area contributed by atoms with E-state index in [4.69, 9.17) is 0 Å². The van der Waals surface area contributed by atoms with E-state index in [2.05, 4.69) is 29.9 Å². The molecule has 3 nitrogen and oxygen atoms in total. The quantitative estimate of drug-likeness (QED) is 0.762. The molecule has 1 amide bonds. The smallest absolute Gasteiger partial charge is 0.229 e. The van der Waals surface area contributed by atoms with Crippen molar-refractivity contribution in [3.05, 3.63) is 22.7 Å². The number of rotatable bonds is 1. The van der Waals surface area contributed by atoms with Crippen molar-refractivity contribution in [3.8, 4) is 0 Å². The summed E-state index contributed by atoms with van der Waals surface area (Å²) >= 11 is 1.79. The highest BCUT2D eigenvalue weighted by Crippen LogP contribution is 2.37. The molecule has 0 saturated heterocycles. The standard InChI is InChI=1S/C13H16N2OS/c1-8(2)12-10-6-11(16)14(3)7-15(10)9-4-5-17-13(9)12/h4-5,8H,6-7H2,1-3H3. The average molecular weight is 248 g/mol. The van der Waals surface area contributed by atoms with E-state index in [1.165, 1.54) is 21.5 Å². The highest BCUT2D eigenvalue weighted by atomic mass is 32.1. The molecule has 90 valence electrons. The van der Waals surface area contributed by atoms with Crippen LogP contribution in [-0.2, 0) is 17.9 Å². The molecule has 0 aromatic carbocycles. The normalized spacial score (nSPS) is 16.0. The summed E-state index contributed by atoms with van der Waals surface area (Å²) in [5.41, 5.74) is 3.88. The molecule has 0 aliphatic carbocycles. The van der Waals surface area contributed by atoms with Crippen molar-refractivity contribution in [1.82, 2.24) is 9.47 Å². The second-order valence-electron chi connectivity index (χ2n) is 4.99. The monoisotopic (exact) mass is 248 g/mol. The van der Waals surface area contributed by atoms with Gasteiger partial charge in [-0.15, -0.1) is 11.3 Å². The lowest BCUT2D eigenvalue weighted by molar-refractivity contribution is -0.132. The molecule has 0 spiro atoms. The Morgan fingerprint density at radius 3 is 2.88 bits per heavy atom. The molecule has 1 aliphatic rings. The lowest BCUT2D eigenvalue weighted by atomic mass is 10.0. The SMILES string of the molecule is CC(C)c1c2n(c3ccsc13)CN(C)C(=O)C2. The van der Waals surface area contributed by atoms with E-state index in [0.717, 1.165) is 0 Å². The Morgan fingerprint density at radius 1 is 1.41 bits per heavy atom. The fourth-order valence-corrected chi connectivity index (χ4v) is 3.77. The maximum absolute atomic E-state index is 11.8. The number of likely N-dealkylation sites (N-methyl/N-ethyl adjacent to an activating group) is 1. The van der Waals surface area contributed by atoms with Gasteiger partial charge in [0.25, 0.3) is 0 Å². The Hall–Kier alpha value is -1.29. The van der Waals surface area contributed by atoms with Gasteiger partial charge in [-0.3, -0.25) is 4.79 Å². The van der Waals surface area contributed by atoms with Crippen LogP contribution < -0.4 is 0 Å². The van der Waals surface area contributed by atoms with E-state index in [1.54, 1.807) is 16.2 Å². The molecule has 1 aliphatic heterocycles. The summed E-state index contributed by atoms with van der Waals surface area (Å²) in [6.07, 6.45) is 0.547. The predicted molar refractivity (Wildman–Crippen MR) is 70.4 cm³/mol. The number of hydrogen-bond donors (Lipinski definition) is 0. The topological polar surface area (TPSA) is 25.2 Å². The first-order chi connectivity index (χ1) is 8.09. The van der Waals surface area contributed by atoms with E-state index in [-0.39, 0.29) is 5.91 Å². The molecule has 4 heteroatoms. The van der Waals surface area contributed by atoms with Crippen LogP contribution in [0.1, 0.15) is 31.0 Å². The van der Waals surface area contributed by atoms with Gasteiger partial charge in [-0.2, -0.15) is 0 Å². The zero-order valence-corrected chi connectivity index (χ0v) is 11.2. The lowest BCUT2D eigenvalue weighted by Crippen LogP contribution is -2.36. The second-order valence-corrected chi connectivity index (χ2v) is 5.90. The molecule has 0 radical (unpaired) electrons. The van der Waals surface area contributed by atoms with E-state index in [9.17, 15) is 4.79 Å². The van der Waals surface area contributed by atoms with Crippen LogP contribution in [-0.4, -0.2) is 22.4 Å². The van der Waals surface area contributed by atoms with Crippen molar-refractivity contribution in [2.45, 2.75) is 32.9 Å². The third-order valence-corrected chi connectivity index (χ3v) is 4.43. The van der Waals surface area contributed by atoms with Gasteiger partial charge in [0.05, 0.1) is 23.3 Å². The van der Waals surface area contributed by atoms with Gasteiger partial charge >= 0.3 is 0 Å². The van der Waals surface area contributed by atoms with Crippen LogP contribution in [0.5, 0.6) is 0 Å². The van der Waals surface area contributed by atoms with Gasteiger partial charge in [0.2, 0.25) is 5.91 Å². The van der Waals surface area contributed by atoms with Crippen LogP contribution in [0.15, 0.2) is 11.4 Å². The summed E-state index contributed by atoms with van der Waals surface area (Å²) in [5.74, 6) is 0.702. The van der Waals surface area contributed by atoms with E-state index >= 15 is 0 Å². The number of nitrogens with zero attached hydrogens (tertiary/aromatic N) is 2. The Labute approximate surface area is 105 Å². The Balaban J connectivity index is 2.30. The number of thiophene rings is 1. The summed E-state index contributed by atoms with van der Waals surface area (Å²) in [6.45, 7) is 5.10. The van der Waals surface area contributed by atoms with Crippen LogP contribution >= 0.6 is 11.3 Å². The van der Waals surface area contributed by atoms with E-state index < -0.39 is 0 Å². The zero-order valence-electron chi connectivity index (χ0n) is 10.4. The largest absolute Gasteiger partial charge is 0.327 e. The van der Waals surface area contributed by atoms with Crippen molar-refractivity contribution in [2.75, 3.05) is 7.05 Å². The Bertz CT molecular complexity index is 594. The van der Waals surface area contributed by atoms with E-state index in [0.29, 0.717) is 19.0 Å². The van der Waals surface area contributed by atoms with Crippen LogP contribution in [0, 0.1) is 0 Å². The first-order valence-corrected chi connectivity index (χ1v) is 6.80. The molecular weight excluding hydrogens is 232 g/mol. The maximum Gasteiger partial charge on any atom is 0.229 e. The predicted octanol–water partition coefficient (Wildman–Crippen LogP) is 2.80. The van der Waals surface area contributed by atoms with Crippen LogP contribution in [0.2, 0.25) is 0 Å². The van der Waals surface area contributed by atoms with Gasteiger partial charge < -0.3 is 9.47 Å². The molecule has 3 rings (SSSR count). The molecule has 0 bridgehead atoms. The second kappa shape index (κ2) is 3.60. The fraction of sp³-hybridized carbons (Fsp3) is 0.462. The van der Waals surface area contributed by atoms with Crippen LogP contribution in [0.3, 0.4) is 0 Å². The van der Waals surface area contributed by atoms with Crippen molar-refractivity contribution < 1.29 is 4.79 Å². The lowest BCUT2D eigenvalue weighted by Gasteiger charge is -2.26. The third-order valence-electron chi connectivity index (χ3n) is 3.49. The summed E-state index contributed by atoms with van der Waals surface area (Å²) in [7, 11) is 1.87. The first kappa shape index (κ1) is 10.8. The minimum absolute atomic E-state index is 0.226. The zero-order chi connectivity index (χ0) is 12.2. The van der Waals surface area contributed by atoms with Crippen LogP contribution in [0.25, 0.3) is 10.2 Å². The van der Waals surface area contributed by atoms with Gasteiger partial charge in [-0.05, 0) is 22.9 Å². The van der Waals surface area contributed by atoms with Gasteiger partial charge in [0.1, 0.15) is 0 Å². The van der Waals surface area contributed by atoms with Crippen molar-refractivity contribution in [3.63, 3.8) is 0 Å². The molecule has 0 saturated carbocycles. The molecule has 0 N–H and O–H groups in total. The van der Waals surface area contributed by atoms with Gasteiger partial charge in [-0.25, -0.2) is 0 Å². The van der Waals surface area contributed by atoms with Crippen molar-refractivity contribution in [1.29, 1.82) is 0 Å². The number of hydrogen-bond acceptors (Lipinski definition) is 2. The number of amides is 1. The fourth-order valence-electron chi connectivity index (χ4n) is 2.66. The number of aromatic nitrogens is 1. The third kappa shape index (κ3) is 1.43. The summed E-state index contributed by atoms with van der Waals surface area (Å²) in [5, 5.41) is 2.14. The number of carbonyl (C=O) groups is 1. The van der Waals surface area contributed by atoms with Gasteiger partial charge in [0.15, 0.2) is 0 Å². The summed E-state index contributed by atoms with van der Waals surface area (Å²) in [6, 6.07) is 2.17. The first-order valence-electron chi connectivity index (χ1n) is 5.92. The molecule has 0 atom stereocenters. The van der Waals surface area contributed by atoms with Crippen molar-refractivity contribution >= 4 is 27.5 Å². The maximum atomic E-state index is 11.8. The van der Waals surface area contributed by atoms with Gasteiger partial charge in [0, 0.05) is 12.7 Å². The van der Waals surface area contributed by atoms with Crippen molar-refractivity contribution in [2.24, 2.45) is 0 Å². The van der Waals surface area contributed by atoms with E-state index in [1.807, 2.05) is 7.05 Å². The van der Waals surface area contributed by atoms with Crippen LogP contribution in [0.4, 0.5) is 0 Å². The highest BCUT2D eigenvalue weighted by molar-refractivity contribution is 7.17. The Kier molecular flexibility index (Phi) is 2.30. The molecule has 0 unspecified atom stereocenters. The van der Waals surface area contributed by atoms with Gasteiger partial charge in [-0.1, -0.05) is 13.8 Å². The molecular formula is C13H16N2OS. The molecule has 2 aromatic rings. The minimum atomic E-state index is 0.226. The summed E-state index contributed by atoms with van der Waals surface area (Å²) < 4.78 is 3.65. The molecule has 17 heavy (non-hydrogen) atoms. The molecule has 0 fully saturated rings. The Morgan fingerprint density at radius 2 is 2.18 bits per heavy atom.